The van der Waals surface area contributed by atoms with E-state index in [0.717, 1.165) is 109 Å². The standard InChI is InChI=1S/C26H32N6O4.C25H36N6O5.C25H36N6O4/c1-2-27-24(33)20-19-21(36-26(35-19)12-7-4-8-13-26)25(34-20)32-16-31-18-22(29-15-30-23(18)32)28-14-11-17-9-5-3-6-10-17;32-12-11-26-23(33)19-18-20(36-25(35-18)9-5-2-6-10-25)24(34-19)31-15-30-17-21(28-14-29-22(17)31)27-13-16-7-3-1-4-8-16;1-2-26-23(32)19-18-20(35-25(34-18)11-7-4-8-12-25)24(33-19)31-15-30-17-21(28-14-29-22(17)31)27-13-16-9-5-3-6-10-16/h3,5-6,9-10,15-16,19-21,25H,2,4,7-8,11-14H2,1H3,(H,27,33)(H,28,29,30);14-16,18-20,24,32H,1-13H2,(H,26,33)(H,27,28,29);14-16,18-20,24H,2-13H2,1H3,(H,26,32)(H,27,28,29)/t19?,20-,21-,25+;2*18?,19-,20-,24+/m000/s1. The zero-order chi connectivity index (χ0) is 72.9. The molecule has 6 aliphatic heterocycles. The molecule has 107 heavy (non-hydrogen) atoms. The highest BCUT2D eigenvalue weighted by atomic mass is 16.8. The monoisotopic (exact) mass is 1480 g/mol. The molecule has 7 N–H and O–H groups in total. The van der Waals surface area contributed by atoms with Crippen LogP contribution in [0, 0.1) is 11.8 Å². The van der Waals surface area contributed by atoms with Crippen LogP contribution in [0.25, 0.3) is 33.5 Å². The van der Waals surface area contributed by atoms with Crippen molar-refractivity contribution in [1.82, 2.24) is 74.5 Å². The molecule has 0 bridgehead atoms. The van der Waals surface area contributed by atoms with Crippen molar-refractivity contribution in [3.05, 3.63) is 73.9 Å². The van der Waals surface area contributed by atoms with Crippen LogP contribution in [0.5, 0.6) is 0 Å². The number of ether oxygens (including phenoxy) is 9. The smallest absolute Gasteiger partial charge is 0.252 e. The van der Waals surface area contributed by atoms with Crippen molar-refractivity contribution in [3.8, 4) is 0 Å². The summed E-state index contributed by atoms with van der Waals surface area (Å²) in [5, 5.41) is 28.1. The number of amides is 3. The number of aromatic nitrogens is 12. The van der Waals surface area contributed by atoms with E-state index in [4.69, 9.17) is 42.6 Å². The minimum Gasteiger partial charge on any atom is -0.395 e. The lowest BCUT2D eigenvalue weighted by Gasteiger charge is -2.34. The van der Waals surface area contributed by atoms with Gasteiger partial charge in [0.15, 0.2) is 105 Å². The van der Waals surface area contributed by atoms with Crippen molar-refractivity contribution in [2.24, 2.45) is 11.8 Å². The fourth-order valence-corrected chi connectivity index (χ4v) is 18.1. The molecule has 18 rings (SSSR count). The number of rotatable bonds is 20. The first kappa shape index (κ1) is 73.4. The quantitative estimate of drug-likeness (QED) is 0.0376. The van der Waals surface area contributed by atoms with E-state index in [-0.39, 0.29) is 30.9 Å². The van der Waals surface area contributed by atoms with E-state index in [1.165, 1.54) is 95.3 Å². The van der Waals surface area contributed by atoms with Gasteiger partial charge in [0.05, 0.1) is 25.6 Å². The third kappa shape index (κ3) is 15.4. The molecule has 31 heteroatoms. The third-order valence-corrected chi connectivity index (χ3v) is 23.4. The lowest BCUT2D eigenvalue weighted by molar-refractivity contribution is -0.230. The van der Waals surface area contributed by atoms with Crippen LogP contribution in [0.15, 0.2) is 68.3 Å². The number of likely N-dealkylation sites (N-methyl/N-ethyl adjacent to an activating group) is 2. The van der Waals surface area contributed by atoms with Gasteiger partial charge >= 0.3 is 0 Å². The first-order valence-corrected chi connectivity index (χ1v) is 39.8. The second-order valence-corrected chi connectivity index (χ2v) is 30.6. The molecule has 1 aromatic carbocycles. The Hall–Kier alpha value is -7.72. The largest absolute Gasteiger partial charge is 0.395 e. The molecule has 3 unspecified atom stereocenters. The van der Waals surface area contributed by atoms with Crippen molar-refractivity contribution < 1.29 is 62.1 Å². The lowest BCUT2D eigenvalue weighted by atomic mass is 9.89. The summed E-state index contributed by atoms with van der Waals surface area (Å²) in [7, 11) is 0. The molecule has 31 nitrogen and oxygen atoms in total. The molecule has 3 spiro atoms. The van der Waals surface area contributed by atoms with Gasteiger partial charge in [-0.15, -0.1) is 0 Å². The van der Waals surface area contributed by atoms with Gasteiger partial charge in [0.2, 0.25) is 0 Å². The minimum absolute atomic E-state index is 0.142. The van der Waals surface area contributed by atoms with E-state index < -0.39 is 91.0 Å². The van der Waals surface area contributed by atoms with Gasteiger partial charge in [-0.2, -0.15) is 0 Å². The average molecular weight is 1480 g/mol. The van der Waals surface area contributed by atoms with Crippen LogP contribution in [0.2, 0.25) is 0 Å². The van der Waals surface area contributed by atoms with Crippen LogP contribution in [0.1, 0.15) is 199 Å². The van der Waals surface area contributed by atoms with Gasteiger partial charge in [0.25, 0.3) is 17.7 Å². The molecule has 11 fully saturated rings. The van der Waals surface area contributed by atoms with Gasteiger partial charge in [0.1, 0.15) is 55.6 Å². The molecule has 6 aromatic heterocycles. The second kappa shape index (κ2) is 32.8. The third-order valence-electron chi connectivity index (χ3n) is 23.4. The predicted molar refractivity (Wildman–Crippen MR) is 391 cm³/mol. The first-order chi connectivity index (χ1) is 52.5. The molecular formula is C76H104N18O13. The SMILES string of the molecule is CCNC(=O)[C@H]1O[C@@H](n2cnc3c(NCC4CCCCC4)ncnc32)[C@H]2OC3(CCCCC3)OC12.CCNC(=O)[C@H]1O[C@@H](n2cnc3c(NCCc4ccccc4)ncnc32)[C@H]2OC3(CCCCC3)OC12.O=C(NCCO)[C@H]1O[C@@H](n2cnc3c(NCC4CCCCC4)ncnc32)[C@H]2OC3(CCCCC3)OC12. The number of fused-ring (bicyclic) bond motifs is 6. The molecule has 576 valence electrons. The Balaban J connectivity index is 0.000000123. The number of imidazole rings is 3. The fraction of sp³-hybridized carbons (Fsp3) is 0.684. The maximum Gasteiger partial charge on any atom is 0.252 e. The molecule has 5 saturated carbocycles. The zero-order valence-corrected chi connectivity index (χ0v) is 61.5. The van der Waals surface area contributed by atoms with Crippen LogP contribution in [-0.4, -0.2) is 200 Å². The highest BCUT2D eigenvalue weighted by Crippen LogP contribution is 2.53. The summed E-state index contributed by atoms with van der Waals surface area (Å²) in [5.41, 5.74) is 5.20. The summed E-state index contributed by atoms with van der Waals surface area (Å²) in [5.74, 6) is 0.817. The molecule has 12 heterocycles. The highest BCUT2D eigenvalue weighted by molar-refractivity contribution is 5.86. The van der Waals surface area contributed by atoms with Crippen molar-refractivity contribution in [2.45, 2.75) is 272 Å². The predicted octanol–water partition coefficient (Wildman–Crippen LogP) is 8.52. The Morgan fingerprint density at radius 1 is 0.421 bits per heavy atom. The van der Waals surface area contributed by atoms with Crippen LogP contribution >= 0.6 is 0 Å². The zero-order valence-electron chi connectivity index (χ0n) is 61.5. The number of benzene rings is 1. The maximum atomic E-state index is 12.9. The molecule has 5 aliphatic carbocycles. The number of nitrogens with zero attached hydrogens (tertiary/aromatic N) is 12. The molecule has 0 radical (unpaired) electrons. The number of hydrogen-bond donors (Lipinski definition) is 7. The molecule has 7 aromatic rings. The van der Waals surface area contributed by atoms with E-state index in [9.17, 15) is 19.5 Å². The summed E-state index contributed by atoms with van der Waals surface area (Å²) in [6.07, 6.45) is 31.3. The maximum absolute atomic E-state index is 12.9. The van der Waals surface area contributed by atoms with Crippen LogP contribution < -0.4 is 31.9 Å². The summed E-state index contributed by atoms with van der Waals surface area (Å²) < 4.78 is 63.5. The summed E-state index contributed by atoms with van der Waals surface area (Å²) in [4.78, 5) is 79.5. The second-order valence-electron chi connectivity index (χ2n) is 30.6. The van der Waals surface area contributed by atoms with E-state index in [1.807, 2.05) is 45.7 Å². The Kier molecular flexibility index (Phi) is 22.5. The summed E-state index contributed by atoms with van der Waals surface area (Å²) in [6.45, 7) is 7.34. The summed E-state index contributed by atoms with van der Waals surface area (Å²) >= 11 is 0. The van der Waals surface area contributed by atoms with E-state index in [2.05, 4.69) is 88.9 Å². The van der Waals surface area contributed by atoms with E-state index >= 15 is 0 Å². The van der Waals surface area contributed by atoms with Crippen LogP contribution in [-0.2, 0) is 63.4 Å². The van der Waals surface area contributed by atoms with Crippen LogP contribution in [0.3, 0.4) is 0 Å². The number of carbonyl (C=O) groups excluding carboxylic acids is 3. The van der Waals surface area contributed by atoms with Crippen molar-refractivity contribution >= 4 is 68.7 Å². The number of carbonyl (C=O) groups is 3. The normalized spacial score (nSPS) is 29.1. The highest BCUT2D eigenvalue weighted by Gasteiger charge is 2.64. The fourth-order valence-electron chi connectivity index (χ4n) is 18.1. The Morgan fingerprint density at radius 2 is 0.766 bits per heavy atom. The Bertz CT molecular complexity index is 4150. The molecular weight excluding hydrogens is 1370 g/mol. The average Bonchev–Trinajstić information content (AvgIpc) is 1.59. The molecule has 6 saturated heterocycles. The number of nitrogens with one attached hydrogen (secondary N) is 6. The summed E-state index contributed by atoms with van der Waals surface area (Å²) in [6, 6.07) is 10.3. The lowest BCUT2D eigenvalue weighted by Crippen LogP contribution is -2.44. The van der Waals surface area contributed by atoms with Gasteiger partial charge in [-0.3, -0.25) is 28.1 Å². The molecule has 11 aliphatic rings. The Labute approximate surface area is 622 Å². The number of aliphatic hydroxyl groups excluding tert-OH is 1. The van der Waals surface area contributed by atoms with Gasteiger partial charge < -0.3 is 79.6 Å². The minimum atomic E-state index is -0.851. The molecule has 3 amide bonds. The van der Waals surface area contributed by atoms with Gasteiger partial charge in [-0.1, -0.05) is 88.1 Å². The topological polar surface area (TPSA) is 357 Å². The van der Waals surface area contributed by atoms with Crippen molar-refractivity contribution in [1.29, 1.82) is 0 Å². The number of aliphatic hydroxyl groups is 1. The van der Waals surface area contributed by atoms with E-state index in [0.29, 0.717) is 76.6 Å². The number of hydrogen-bond acceptors (Lipinski definition) is 25. The van der Waals surface area contributed by atoms with Crippen LogP contribution in [0.4, 0.5) is 17.5 Å². The van der Waals surface area contributed by atoms with Crippen molar-refractivity contribution in [2.75, 3.05) is 61.8 Å². The molecule has 12 atom stereocenters. The van der Waals surface area contributed by atoms with Gasteiger partial charge in [0, 0.05) is 77.8 Å². The van der Waals surface area contributed by atoms with E-state index in [1.54, 1.807) is 25.3 Å². The van der Waals surface area contributed by atoms with Gasteiger partial charge in [-0.25, -0.2) is 44.9 Å². The first-order valence-electron chi connectivity index (χ1n) is 39.8. The van der Waals surface area contributed by atoms with Gasteiger partial charge in [-0.05, 0) is 102 Å². The Morgan fingerprint density at radius 3 is 1.13 bits per heavy atom. The number of anilines is 3. The van der Waals surface area contributed by atoms with Crippen molar-refractivity contribution in [3.63, 3.8) is 0 Å².